The number of rotatable bonds is 4. The summed E-state index contributed by atoms with van der Waals surface area (Å²) >= 11 is 0. The lowest BCUT2D eigenvalue weighted by Crippen LogP contribution is -2.04. The van der Waals surface area contributed by atoms with E-state index in [9.17, 15) is 4.79 Å². The highest BCUT2D eigenvalue weighted by Crippen LogP contribution is 2.06. The van der Waals surface area contributed by atoms with E-state index in [1.54, 1.807) is 24.1 Å². The number of carboxylic acids is 1. The quantitative estimate of drug-likeness (QED) is 0.704. The Kier molecular flexibility index (Phi) is 2.68. The van der Waals surface area contributed by atoms with Crippen molar-refractivity contribution in [3.8, 4) is 5.75 Å². The molecule has 0 unspecified atom stereocenters. The number of ether oxygens (including phenoxy) is 1. The van der Waals surface area contributed by atoms with Gasteiger partial charge in [0.05, 0.1) is 25.4 Å². The van der Waals surface area contributed by atoms with Crippen LogP contribution in [0.1, 0.15) is 6.42 Å². The Morgan fingerprint density at radius 3 is 3.08 bits per heavy atom. The van der Waals surface area contributed by atoms with Crippen LogP contribution in [0.25, 0.3) is 0 Å². The second-order valence-electron chi connectivity index (χ2n) is 2.34. The SMILES string of the molecule is Cn1cc(OCCC(=O)O)cn1. The van der Waals surface area contributed by atoms with Crippen LogP contribution in [0, 0.1) is 0 Å². The first-order valence-electron chi connectivity index (χ1n) is 3.52. The van der Waals surface area contributed by atoms with Gasteiger partial charge in [-0.15, -0.1) is 0 Å². The second kappa shape index (κ2) is 3.75. The molecule has 0 aliphatic carbocycles. The highest BCUT2D eigenvalue weighted by atomic mass is 16.5. The predicted octanol–water partition coefficient (Wildman–Crippen LogP) is 0.274. The van der Waals surface area contributed by atoms with Crippen molar-refractivity contribution in [2.75, 3.05) is 6.61 Å². The number of aliphatic carboxylic acids is 1. The molecule has 0 spiro atoms. The molecule has 0 saturated heterocycles. The standard InChI is InChI=1S/C7H10N2O3/c1-9-5-6(4-8-9)12-3-2-7(10)11/h4-5H,2-3H2,1H3,(H,10,11). The summed E-state index contributed by atoms with van der Waals surface area (Å²) in [6.45, 7) is 0.182. The van der Waals surface area contributed by atoms with Gasteiger partial charge in [0.1, 0.15) is 0 Å². The third-order valence-electron chi connectivity index (χ3n) is 1.27. The van der Waals surface area contributed by atoms with Crippen molar-refractivity contribution in [2.24, 2.45) is 7.05 Å². The fourth-order valence-corrected chi connectivity index (χ4v) is 0.730. The van der Waals surface area contributed by atoms with Crippen LogP contribution >= 0.6 is 0 Å². The molecule has 5 nitrogen and oxygen atoms in total. The molecule has 0 aromatic carbocycles. The molecule has 1 aromatic rings. The minimum atomic E-state index is -0.862. The van der Waals surface area contributed by atoms with E-state index in [1.165, 1.54) is 0 Å². The Bertz CT molecular complexity index is 269. The molecule has 0 atom stereocenters. The van der Waals surface area contributed by atoms with Crippen LogP contribution in [0.15, 0.2) is 12.4 Å². The number of hydrogen-bond donors (Lipinski definition) is 1. The van der Waals surface area contributed by atoms with Gasteiger partial charge in [0.15, 0.2) is 5.75 Å². The molecule has 0 radical (unpaired) electrons. The second-order valence-corrected chi connectivity index (χ2v) is 2.34. The average molecular weight is 170 g/mol. The van der Waals surface area contributed by atoms with E-state index in [0.29, 0.717) is 5.75 Å². The third kappa shape index (κ3) is 2.61. The summed E-state index contributed by atoms with van der Waals surface area (Å²) in [7, 11) is 1.77. The van der Waals surface area contributed by atoms with Crippen molar-refractivity contribution in [3.63, 3.8) is 0 Å². The van der Waals surface area contributed by atoms with Gasteiger partial charge in [-0.1, -0.05) is 0 Å². The molecule has 1 N–H and O–H groups in total. The lowest BCUT2D eigenvalue weighted by Gasteiger charge is -1.98. The van der Waals surface area contributed by atoms with E-state index in [0.717, 1.165) is 0 Å². The number of aromatic nitrogens is 2. The molecular formula is C7H10N2O3. The van der Waals surface area contributed by atoms with Crippen molar-refractivity contribution in [2.45, 2.75) is 6.42 Å². The highest BCUT2D eigenvalue weighted by molar-refractivity contribution is 5.66. The van der Waals surface area contributed by atoms with Gasteiger partial charge < -0.3 is 9.84 Å². The van der Waals surface area contributed by atoms with Gasteiger partial charge in [-0.05, 0) is 0 Å². The first-order valence-corrected chi connectivity index (χ1v) is 3.52. The zero-order valence-corrected chi connectivity index (χ0v) is 6.73. The molecule has 12 heavy (non-hydrogen) atoms. The Balaban J connectivity index is 2.29. The molecule has 5 heteroatoms. The fraction of sp³-hybridized carbons (Fsp3) is 0.429. The Hall–Kier alpha value is -1.52. The monoisotopic (exact) mass is 170 g/mol. The van der Waals surface area contributed by atoms with Crippen molar-refractivity contribution in [3.05, 3.63) is 12.4 Å². The molecule has 0 saturated carbocycles. The molecule has 0 bridgehead atoms. The van der Waals surface area contributed by atoms with E-state index in [-0.39, 0.29) is 13.0 Å². The summed E-state index contributed by atoms with van der Waals surface area (Å²) in [5.74, 6) is -0.266. The van der Waals surface area contributed by atoms with Gasteiger partial charge in [0.2, 0.25) is 0 Å². The Morgan fingerprint density at radius 1 is 1.83 bits per heavy atom. The fourth-order valence-electron chi connectivity index (χ4n) is 0.730. The molecule has 1 aromatic heterocycles. The molecule has 1 heterocycles. The molecule has 0 aliphatic rings. The van der Waals surface area contributed by atoms with Crippen LogP contribution < -0.4 is 4.74 Å². The number of hydrogen-bond acceptors (Lipinski definition) is 3. The molecule has 0 amide bonds. The van der Waals surface area contributed by atoms with E-state index >= 15 is 0 Å². The van der Waals surface area contributed by atoms with E-state index in [1.807, 2.05) is 0 Å². The van der Waals surface area contributed by atoms with Crippen molar-refractivity contribution < 1.29 is 14.6 Å². The van der Waals surface area contributed by atoms with Gasteiger partial charge in [-0.2, -0.15) is 5.10 Å². The van der Waals surface area contributed by atoms with Gasteiger partial charge >= 0.3 is 5.97 Å². The number of nitrogens with zero attached hydrogens (tertiary/aromatic N) is 2. The maximum absolute atomic E-state index is 10.1. The summed E-state index contributed by atoms with van der Waals surface area (Å²) in [5.41, 5.74) is 0. The molecular weight excluding hydrogens is 160 g/mol. The van der Waals surface area contributed by atoms with Crippen LogP contribution in [0.4, 0.5) is 0 Å². The lowest BCUT2D eigenvalue weighted by atomic mass is 10.5. The highest BCUT2D eigenvalue weighted by Gasteiger charge is 1.99. The van der Waals surface area contributed by atoms with Crippen LogP contribution in [0.2, 0.25) is 0 Å². The van der Waals surface area contributed by atoms with Crippen LogP contribution in [0.5, 0.6) is 5.75 Å². The zero-order chi connectivity index (χ0) is 8.97. The summed E-state index contributed by atoms with van der Waals surface area (Å²) in [6.07, 6.45) is 3.23. The van der Waals surface area contributed by atoms with Gasteiger partial charge in [0, 0.05) is 7.05 Å². The van der Waals surface area contributed by atoms with Crippen molar-refractivity contribution in [1.29, 1.82) is 0 Å². The molecule has 1 rings (SSSR count). The summed E-state index contributed by atoms with van der Waals surface area (Å²) in [5, 5.41) is 12.2. The van der Waals surface area contributed by atoms with Crippen LogP contribution in [-0.2, 0) is 11.8 Å². The third-order valence-corrected chi connectivity index (χ3v) is 1.27. The first kappa shape index (κ1) is 8.58. The maximum atomic E-state index is 10.1. The summed E-state index contributed by atoms with van der Waals surface area (Å²) in [6, 6.07) is 0. The molecule has 66 valence electrons. The molecule has 0 aliphatic heterocycles. The first-order chi connectivity index (χ1) is 5.68. The van der Waals surface area contributed by atoms with Gasteiger partial charge in [0.25, 0.3) is 0 Å². The number of carboxylic acid groups (broad SMARTS) is 1. The minimum Gasteiger partial charge on any atom is -0.490 e. The largest absolute Gasteiger partial charge is 0.490 e. The lowest BCUT2D eigenvalue weighted by molar-refractivity contribution is -0.137. The number of aryl methyl sites for hydroxylation is 1. The predicted molar refractivity (Wildman–Crippen MR) is 41.0 cm³/mol. The zero-order valence-electron chi connectivity index (χ0n) is 6.73. The van der Waals surface area contributed by atoms with Gasteiger partial charge in [-0.25, -0.2) is 0 Å². The van der Waals surface area contributed by atoms with Crippen molar-refractivity contribution >= 4 is 5.97 Å². The van der Waals surface area contributed by atoms with E-state index in [2.05, 4.69) is 5.10 Å². The van der Waals surface area contributed by atoms with Crippen LogP contribution in [-0.4, -0.2) is 27.5 Å². The molecule has 0 fully saturated rings. The van der Waals surface area contributed by atoms with Gasteiger partial charge in [-0.3, -0.25) is 9.48 Å². The topological polar surface area (TPSA) is 64.3 Å². The summed E-state index contributed by atoms with van der Waals surface area (Å²) < 4.78 is 6.67. The summed E-state index contributed by atoms with van der Waals surface area (Å²) in [4.78, 5) is 10.1. The Labute approximate surface area is 69.6 Å². The van der Waals surface area contributed by atoms with E-state index in [4.69, 9.17) is 9.84 Å². The normalized spacial score (nSPS) is 9.75. The van der Waals surface area contributed by atoms with E-state index < -0.39 is 5.97 Å². The van der Waals surface area contributed by atoms with Crippen LogP contribution in [0.3, 0.4) is 0 Å². The average Bonchev–Trinajstić information content (AvgIpc) is 2.35. The minimum absolute atomic E-state index is 0.00882. The maximum Gasteiger partial charge on any atom is 0.306 e. The number of carbonyl (C=O) groups is 1. The Morgan fingerprint density at radius 2 is 2.58 bits per heavy atom. The smallest absolute Gasteiger partial charge is 0.306 e. The van der Waals surface area contributed by atoms with Crippen molar-refractivity contribution in [1.82, 2.24) is 9.78 Å².